The average Bonchev–Trinajstić information content (AvgIpc) is 2.92. The highest BCUT2D eigenvalue weighted by Crippen LogP contribution is 2.18. The van der Waals surface area contributed by atoms with Crippen molar-refractivity contribution in [2.45, 2.75) is 26.9 Å². The molecule has 8 heteroatoms. The van der Waals surface area contributed by atoms with Crippen molar-refractivity contribution in [1.82, 2.24) is 14.1 Å². The van der Waals surface area contributed by atoms with Crippen LogP contribution in [0.2, 0.25) is 0 Å². The molecule has 0 amide bonds. The van der Waals surface area contributed by atoms with Gasteiger partial charge in [-0.25, -0.2) is 4.98 Å². The minimum atomic E-state index is -0.574. The van der Waals surface area contributed by atoms with E-state index in [0.29, 0.717) is 17.6 Å². The van der Waals surface area contributed by atoms with Gasteiger partial charge in [0.2, 0.25) is 0 Å². The summed E-state index contributed by atoms with van der Waals surface area (Å²) in [4.78, 5) is 39.9. The van der Waals surface area contributed by atoms with Crippen LogP contribution in [0.3, 0.4) is 0 Å². The molecule has 1 aromatic carbocycles. The molecule has 0 saturated heterocycles. The molecule has 2 aromatic heterocycles. The van der Waals surface area contributed by atoms with Crippen molar-refractivity contribution in [2.24, 2.45) is 0 Å². The van der Waals surface area contributed by atoms with E-state index in [4.69, 9.17) is 0 Å². The Balaban J connectivity index is 1.99. The number of hydrogen-bond donors (Lipinski definition) is 0. The Morgan fingerprint density at radius 2 is 2.07 bits per heavy atom. The number of Topliss-reactive ketones (excluding diaryl/α,β-unsaturated/α-hetero) is 1. The lowest BCUT2D eigenvalue weighted by atomic mass is 10.1. The van der Waals surface area contributed by atoms with Crippen LogP contribution >= 0.6 is 0 Å². The molecule has 0 spiro atoms. The molecule has 0 unspecified atom stereocenters. The molecule has 0 aliphatic rings. The predicted molar refractivity (Wildman–Crippen MR) is 101 cm³/mol. The van der Waals surface area contributed by atoms with Gasteiger partial charge in [0.15, 0.2) is 5.78 Å². The molecular weight excluding hydrogens is 348 g/mol. The maximum atomic E-state index is 12.7. The number of allylic oxidation sites excluding steroid dienone is 1. The number of fused-ring (bicyclic) bond motifs is 1. The zero-order valence-electron chi connectivity index (χ0n) is 15.0. The highest BCUT2D eigenvalue weighted by Gasteiger charge is 2.17. The molecule has 0 radical (unpaired) electrons. The molecule has 0 atom stereocenters. The molecule has 2 heterocycles. The molecule has 0 bridgehead atoms. The minimum absolute atomic E-state index is 0.108. The van der Waals surface area contributed by atoms with Gasteiger partial charge in [0, 0.05) is 35.6 Å². The van der Waals surface area contributed by atoms with Crippen LogP contribution in [0.5, 0.6) is 0 Å². The number of nitro benzene ring substituents is 1. The van der Waals surface area contributed by atoms with Crippen LogP contribution in [0, 0.1) is 24.0 Å². The molecule has 3 aromatic rings. The van der Waals surface area contributed by atoms with Crippen LogP contribution in [-0.2, 0) is 13.1 Å². The Morgan fingerprint density at radius 1 is 1.33 bits per heavy atom. The summed E-state index contributed by atoms with van der Waals surface area (Å²) in [5.41, 5.74) is 1.92. The van der Waals surface area contributed by atoms with E-state index in [1.54, 1.807) is 12.1 Å². The first-order chi connectivity index (χ1) is 12.8. The molecular formula is C19H18N4O4. The second-order valence-corrected chi connectivity index (χ2v) is 6.24. The van der Waals surface area contributed by atoms with Gasteiger partial charge in [0.25, 0.3) is 11.2 Å². The SMILES string of the molecule is C=CCn1c(C)cc(C(=O)Cn2cnc3ccc([N+](=O)[O-])cc3c2=O)c1C. The quantitative estimate of drug-likeness (QED) is 0.289. The van der Waals surface area contributed by atoms with Crippen molar-refractivity contribution in [3.8, 4) is 0 Å². The Bertz CT molecular complexity index is 1140. The van der Waals surface area contributed by atoms with Crippen molar-refractivity contribution in [2.75, 3.05) is 0 Å². The van der Waals surface area contributed by atoms with Gasteiger partial charge in [0.05, 0.1) is 28.7 Å². The Hall–Kier alpha value is -3.55. The van der Waals surface area contributed by atoms with Crippen LogP contribution in [0.25, 0.3) is 10.9 Å². The monoisotopic (exact) mass is 366 g/mol. The summed E-state index contributed by atoms with van der Waals surface area (Å²) in [5, 5.41) is 11.0. The van der Waals surface area contributed by atoms with Crippen LogP contribution in [-0.4, -0.2) is 24.8 Å². The molecule has 0 aliphatic heterocycles. The minimum Gasteiger partial charge on any atom is -0.345 e. The fourth-order valence-electron chi connectivity index (χ4n) is 3.11. The number of non-ortho nitro benzene ring substituents is 1. The zero-order valence-corrected chi connectivity index (χ0v) is 15.0. The van der Waals surface area contributed by atoms with Crippen LogP contribution < -0.4 is 5.56 Å². The molecule has 0 aliphatic carbocycles. The highest BCUT2D eigenvalue weighted by molar-refractivity contribution is 5.97. The van der Waals surface area contributed by atoms with Gasteiger partial charge in [0.1, 0.15) is 0 Å². The van der Waals surface area contributed by atoms with Gasteiger partial charge in [-0.15, -0.1) is 6.58 Å². The first-order valence-corrected chi connectivity index (χ1v) is 8.28. The van der Waals surface area contributed by atoms with Crippen molar-refractivity contribution in [3.63, 3.8) is 0 Å². The number of carbonyl (C=O) groups excluding carboxylic acids is 1. The summed E-state index contributed by atoms with van der Waals surface area (Å²) in [5.74, 6) is -0.230. The fourth-order valence-corrected chi connectivity index (χ4v) is 3.11. The topological polar surface area (TPSA) is 100 Å². The Kier molecular flexibility index (Phi) is 4.72. The van der Waals surface area contributed by atoms with Crippen molar-refractivity contribution >= 4 is 22.4 Å². The lowest BCUT2D eigenvalue weighted by Gasteiger charge is -2.08. The number of hydrogen-bond acceptors (Lipinski definition) is 5. The standard InChI is InChI=1S/C19H18N4O4/c1-4-7-22-12(2)8-15(13(22)3)18(24)10-21-11-20-17-6-5-14(23(26)27)9-16(17)19(21)25/h4-6,8-9,11H,1,7,10H2,2-3H3. The third-order valence-electron chi connectivity index (χ3n) is 4.52. The number of nitrogens with zero attached hydrogens (tertiary/aromatic N) is 4. The van der Waals surface area contributed by atoms with Crippen molar-refractivity contribution in [1.29, 1.82) is 0 Å². The smallest absolute Gasteiger partial charge is 0.270 e. The van der Waals surface area contributed by atoms with Crippen LogP contribution in [0.15, 0.2) is 48.0 Å². The van der Waals surface area contributed by atoms with E-state index in [9.17, 15) is 19.7 Å². The lowest BCUT2D eigenvalue weighted by molar-refractivity contribution is -0.384. The molecule has 0 fully saturated rings. The Labute approximate surface area is 154 Å². The van der Waals surface area contributed by atoms with Crippen LogP contribution in [0.1, 0.15) is 21.7 Å². The summed E-state index contributed by atoms with van der Waals surface area (Å²) in [7, 11) is 0. The third kappa shape index (κ3) is 3.29. The number of rotatable bonds is 6. The number of carbonyl (C=O) groups is 1. The normalized spacial score (nSPS) is 10.9. The highest BCUT2D eigenvalue weighted by atomic mass is 16.6. The summed E-state index contributed by atoms with van der Waals surface area (Å²) in [6.45, 7) is 7.85. The van der Waals surface area contributed by atoms with Crippen LogP contribution in [0.4, 0.5) is 5.69 Å². The first kappa shape index (κ1) is 18.2. The fraction of sp³-hybridized carbons (Fsp3) is 0.211. The molecule has 3 rings (SSSR count). The molecule has 0 saturated carbocycles. The maximum absolute atomic E-state index is 12.7. The van der Waals surface area contributed by atoms with Crippen molar-refractivity contribution < 1.29 is 9.72 Å². The predicted octanol–water partition coefficient (Wildman–Crippen LogP) is 2.79. The third-order valence-corrected chi connectivity index (χ3v) is 4.52. The number of ketones is 1. The van der Waals surface area contributed by atoms with Gasteiger partial charge in [-0.3, -0.25) is 24.3 Å². The lowest BCUT2D eigenvalue weighted by Crippen LogP contribution is -2.25. The summed E-state index contributed by atoms with van der Waals surface area (Å²) < 4.78 is 3.14. The van der Waals surface area contributed by atoms with E-state index in [0.717, 1.165) is 11.4 Å². The average molecular weight is 366 g/mol. The molecule has 138 valence electrons. The van der Waals surface area contributed by atoms with E-state index in [2.05, 4.69) is 11.6 Å². The van der Waals surface area contributed by atoms with E-state index < -0.39 is 10.5 Å². The van der Waals surface area contributed by atoms with Gasteiger partial charge in [-0.1, -0.05) is 6.08 Å². The van der Waals surface area contributed by atoms with E-state index in [1.807, 2.05) is 18.4 Å². The van der Waals surface area contributed by atoms with E-state index >= 15 is 0 Å². The summed E-state index contributed by atoms with van der Waals surface area (Å²) >= 11 is 0. The summed E-state index contributed by atoms with van der Waals surface area (Å²) in [6.07, 6.45) is 3.04. The second kappa shape index (κ2) is 6.99. The van der Waals surface area contributed by atoms with Gasteiger partial charge in [-0.05, 0) is 26.0 Å². The van der Waals surface area contributed by atoms with Crippen molar-refractivity contribution in [3.05, 3.63) is 80.7 Å². The first-order valence-electron chi connectivity index (χ1n) is 8.28. The molecule has 8 nitrogen and oxygen atoms in total. The van der Waals surface area contributed by atoms with Gasteiger partial charge < -0.3 is 4.57 Å². The van der Waals surface area contributed by atoms with E-state index in [-0.39, 0.29) is 23.4 Å². The maximum Gasteiger partial charge on any atom is 0.270 e. The largest absolute Gasteiger partial charge is 0.345 e. The Morgan fingerprint density at radius 3 is 2.74 bits per heavy atom. The van der Waals surface area contributed by atoms with Gasteiger partial charge in [-0.2, -0.15) is 0 Å². The van der Waals surface area contributed by atoms with Gasteiger partial charge >= 0.3 is 0 Å². The number of nitro groups is 1. The summed E-state index contributed by atoms with van der Waals surface area (Å²) in [6, 6.07) is 5.68. The number of aromatic nitrogens is 3. The second-order valence-electron chi connectivity index (χ2n) is 6.24. The molecule has 0 N–H and O–H groups in total. The van der Waals surface area contributed by atoms with E-state index in [1.165, 1.54) is 29.1 Å². The zero-order chi connectivity index (χ0) is 19.7. The molecule has 27 heavy (non-hydrogen) atoms. The number of benzene rings is 1. The number of aryl methyl sites for hydroxylation is 1.